The van der Waals surface area contributed by atoms with Gasteiger partial charge in [0, 0.05) is 25.6 Å². The van der Waals surface area contributed by atoms with Gasteiger partial charge in [-0.15, -0.1) is 0 Å². The minimum absolute atomic E-state index is 0.205. The fraction of sp³-hybridized carbons (Fsp3) is 0.368. The summed E-state index contributed by atoms with van der Waals surface area (Å²) in [5.74, 6) is -1.03. The molecule has 0 spiro atoms. The Morgan fingerprint density at radius 3 is 2.63 bits per heavy atom. The second kappa shape index (κ2) is 6.68. The van der Waals surface area contributed by atoms with Gasteiger partial charge in [-0.2, -0.15) is 5.10 Å². The Balaban J connectivity index is 1.53. The van der Waals surface area contributed by atoms with Crippen molar-refractivity contribution in [1.29, 1.82) is 0 Å². The van der Waals surface area contributed by atoms with E-state index in [1.165, 1.54) is 6.07 Å². The lowest BCUT2D eigenvalue weighted by Gasteiger charge is -2.20. The molecule has 2 heterocycles. The summed E-state index contributed by atoms with van der Waals surface area (Å²) in [6.45, 7) is 1.92. The topological polar surface area (TPSA) is 70.5 Å². The monoisotopic (exact) mass is 371 g/mol. The van der Waals surface area contributed by atoms with Crippen LogP contribution >= 0.6 is 0 Å². The van der Waals surface area contributed by atoms with Crippen molar-refractivity contribution in [2.24, 2.45) is 5.10 Å². The Morgan fingerprint density at radius 2 is 1.96 bits per heavy atom. The molecule has 0 radical (unpaired) electrons. The van der Waals surface area contributed by atoms with Crippen LogP contribution in [0.5, 0.6) is 0 Å². The van der Waals surface area contributed by atoms with Gasteiger partial charge >= 0.3 is 0 Å². The molecule has 4 rings (SSSR count). The van der Waals surface area contributed by atoms with Gasteiger partial charge in [-0.3, -0.25) is 9.80 Å². The number of carbonyl (C=O) groups is 1. The molecule has 1 saturated carbocycles. The fourth-order valence-corrected chi connectivity index (χ4v) is 3.18. The van der Waals surface area contributed by atoms with Gasteiger partial charge in [-0.25, -0.2) is 18.7 Å². The van der Waals surface area contributed by atoms with E-state index in [1.54, 1.807) is 18.3 Å². The highest BCUT2D eigenvalue weighted by molar-refractivity contribution is 6.43. The minimum atomic E-state index is -0.826. The number of hydrazone groups is 1. The lowest BCUT2D eigenvalue weighted by Crippen LogP contribution is -2.23. The number of anilines is 1. The molecule has 1 aliphatic heterocycles. The summed E-state index contributed by atoms with van der Waals surface area (Å²) >= 11 is 0. The Labute approximate surface area is 155 Å². The Kier molecular flexibility index (Phi) is 4.33. The molecule has 2 aliphatic rings. The predicted molar refractivity (Wildman–Crippen MR) is 96.3 cm³/mol. The summed E-state index contributed by atoms with van der Waals surface area (Å²) in [5, 5.41) is 8.22. The van der Waals surface area contributed by atoms with Crippen molar-refractivity contribution >= 4 is 17.3 Å². The van der Waals surface area contributed by atoms with E-state index < -0.39 is 23.2 Å². The van der Waals surface area contributed by atoms with Crippen LogP contribution in [0.3, 0.4) is 0 Å². The van der Waals surface area contributed by atoms with Crippen molar-refractivity contribution in [3.8, 4) is 0 Å². The van der Waals surface area contributed by atoms with Crippen LogP contribution in [-0.2, 0) is 4.79 Å². The van der Waals surface area contributed by atoms with Crippen LogP contribution in [0.1, 0.15) is 48.3 Å². The SMILES string of the molecule is Cc1cnc(C2CC2)nc1C1CC(C(=O)Nc2c(F)cccc2F)=NN1C. The Morgan fingerprint density at radius 1 is 1.26 bits per heavy atom. The second-order valence-corrected chi connectivity index (χ2v) is 6.96. The van der Waals surface area contributed by atoms with Crippen molar-refractivity contribution in [3.63, 3.8) is 0 Å². The van der Waals surface area contributed by atoms with Gasteiger partial charge in [0.15, 0.2) is 0 Å². The first-order chi connectivity index (χ1) is 12.9. The quantitative estimate of drug-likeness (QED) is 0.895. The number of nitrogens with one attached hydrogen (secondary N) is 1. The van der Waals surface area contributed by atoms with Crippen molar-refractivity contribution < 1.29 is 13.6 Å². The first-order valence-electron chi connectivity index (χ1n) is 8.83. The maximum absolute atomic E-state index is 13.8. The van der Waals surface area contributed by atoms with E-state index in [0.29, 0.717) is 12.3 Å². The van der Waals surface area contributed by atoms with Crippen LogP contribution in [0.2, 0.25) is 0 Å². The van der Waals surface area contributed by atoms with Crippen LogP contribution in [0.25, 0.3) is 0 Å². The number of para-hydroxylation sites is 1. The van der Waals surface area contributed by atoms with E-state index >= 15 is 0 Å². The fourth-order valence-electron chi connectivity index (χ4n) is 3.18. The third-order valence-corrected chi connectivity index (χ3v) is 4.87. The third-order valence-electron chi connectivity index (χ3n) is 4.87. The minimum Gasteiger partial charge on any atom is -0.316 e. The number of aromatic nitrogens is 2. The number of aryl methyl sites for hydroxylation is 1. The van der Waals surface area contributed by atoms with Gasteiger partial charge in [0.2, 0.25) is 0 Å². The average molecular weight is 371 g/mol. The Hall–Kier alpha value is -2.90. The molecule has 1 aromatic heterocycles. The third kappa shape index (κ3) is 3.39. The number of nitrogens with zero attached hydrogens (tertiary/aromatic N) is 4. The van der Waals surface area contributed by atoms with E-state index in [4.69, 9.17) is 4.98 Å². The number of halogens is 2. The lowest BCUT2D eigenvalue weighted by atomic mass is 10.0. The van der Waals surface area contributed by atoms with Crippen molar-refractivity contribution in [2.45, 2.75) is 38.1 Å². The van der Waals surface area contributed by atoms with E-state index in [2.05, 4.69) is 15.4 Å². The molecule has 140 valence electrons. The van der Waals surface area contributed by atoms with E-state index in [9.17, 15) is 13.6 Å². The lowest BCUT2D eigenvalue weighted by molar-refractivity contribution is -0.110. The standard InChI is InChI=1S/C19H19F2N5O/c1-10-9-22-18(11-6-7-11)23-16(10)15-8-14(25-26(15)2)19(27)24-17-12(20)4-3-5-13(17)21/h3-5,9,11,15H,6-8H2,1-2H3,(H,24,27). The first kappa shape index (κ1) is 17.5. The number of hydrogen-bond donors (Lipinski definition) is 1. The average Bonchev–Trinajstić information content (AvgIpc) is 3.41. The molecule has 2 aromatic rings. The summed E-state index contributed by atoms with van der Waals surface area (Å²) in [5.41, 5.74) is 1.49. The van der Waals surface area contributed by atoms with E-state index in [-0.39, 0.29) is 11.8 Å². The highest BCUT2D eigenvalue weighted by Gasteiger charge is 2.34. The van der Waals surface area contributed by atoms with Crippen molar-refractivity contribution in [2.75, 3.05) is 12.4 Å². The number of rotatable bonds is 4. The molecule has 1 aromatic carbocycles. The van der Waals surface area contributed by atoms with Gasteiger partial charge in [0.05, 0.1) is 11.7 Å². The first-order valence-corrected chi connectivity index (χ1v) is 8.83. The van der Waals surface area contributed by atoms with Crippen LogP contribution in [0.15, 0.2) is 29.5 Å². The predicted octanol–water partition coefficient (Wildman–Crippen LogP) is 3.31. The Bertz CT molecular complexity index is 921. The molecule has 1 N–H and O–H groups in total. The smallest absolute Gasteiger partial charge is 0.272 e. The molecule has 1 fully saturated rings. The largest absolute Gasteiger partial charge is 0.316 e. The highest BCUT2D eigenvalue weighted by Crippen LogP contribution is 2.39. The molecular weight excluding hydrogens is 352 g/mol. The van der Waals surface area contributed by atoms with E-state index in [0.717, 1.165) is 42.1 Å². The summed E-state index contributed by atoms with van der Waals surface area (Å²) in [7, 11) is 1.76. The van der Waals surface area contributed by atoms with E-state index in [1.807, 2.05) is 6.92 Å². The van der Waals surface area contributed by atoms with Crippen molar-refractivity contribution in [3.05, 3.63) is 53.1 Å². The maximum Gasteiger partial charge on any atom is 0.272 e. The second-order valence-electron chi connectivity index (χ2n) is 6.96. The zero-order chi connectivity index (χ0) is 19.1. The van der Waals surface area contributed by atoms with Crippen LogP contribution in [0, 0.1) is 18.6 Å². The summed E-state index contributed by atoms with van der Waals surface area (Å²) in [6, 6.07) is 3.21. The van der Waals surface area contributed by atoms with Crippen LogP contribution in [0.4, 0.5) is 14.5 Å². The number of benzene rings is 1. The molecule has 6 nitrogen and oxygen atoms in total. The summed E-state index contributed by atoms with van der Waals surface area (Å²) in [4.78, 5) is 21.6. The molecule has 1 amide bonds. The van der Waals surface area contributed by atoms with Gasteiger partial charge in [0.1, 0.15) is 28.9 Å². The molecule has 1 atom stereocenters. The summed E-state index contributed by atoms with van der Waals surface area (Å²) in [6.07, 6.45) is 4.31. The zero-order valence-electron chi connectivity index (χ0n) is 15.0. The molecule has 0 saturated heterocycles. The van der Waals surface area contributed by atoms with Gasteiger partial charge in [-0.05, 0) is 37.5 Å². The van der Waals surface area contributed by atoms with Crippen LogP contribution in [-0.4, -0.2) is 33.6 Å². The number of carbonyl (C=O) groups excluding carboxylic acids is 1. The number of hydrogen-bond acceptors (Lipinski definition) is 5. The van der Waals surface area contributed by atoms with Crippen molar-refractivity contribution in [1.82, 2.24) is 15.0 Å². The normalized spacial score (nSPS) is 19.2. The molecule has 27 heavy (non-hydrogen) atoms. The van der Waals surface area contributed by atoms with Gasteiger partial charge < -0.3 is 5.32 Å². The number of amides is 1. The summed E-state index contributed by atoms with van der Waals surface area (Å²) < 4.78 is 27.5. The molecule has 0 bridgehead atoms. The van der Waals surface area contributed by atoms with Crippen LogP contribution < -0.4 is 5.32 Å². The highest BCUT2D eigenvalue weighted by atomic mass is 19.1. The maximum atomic E-state index is 13.8. The van der Waals surface area contributed by atoms with Gasteiger partial charge in [0.25, 0.3) is 5.91 Å². The zero-order valence-corrected chi connectivity index (χ0v) is 15.0. The molecule has 1 aliphatic carbocycles. The van der Waals surface area contributed by atoms with Gasteiger partial charge in [-0.1, -0.05) is 6.07 Å². The molecule has 8 heteroatoms. The molecule has 1 unspecified atom stereocenters. The molecular formula is C19H19F2N5O.